The second-order valence-corrected chi connectivity index (χ2v) is 7.49. The molecular weight excluding hydrogens is 343 g/mol. The Labute approximate surface area is 131 Å². The molecule has 0 fully saturated rings. The summed E-state index contributed by atoms with van der Waals surface area (Å²) in [5.41, 5.74) is -0.568. The maximum absolute atomic E-state index is 11.9. The molecule has 7 nitrogen and oxygen atoms in total. The number of nitrogens with zero attached hydrogens (tertiary/aromatic N) is 1. The van der Waals surface area contributed by atoms with Crippen molar-refractivity contribution in [2.24, 2.45) is 0 Å². The zero-order valence-corrected chi connectivity index (χ0v) is 13.4. The summed E-state index contributed by atoms with van der Waals surface area (Å²) in [6, 6.07) is 1.51. The number of benzene rings is 1. The minimum absolute atomic E-state index is 0.0727. The van der Waals surface area contributed by atoms with Crippen molar-refractivity contribution in [1.82, 2.24) is 5.32 Å². The van der Waals surface area contributed by atoms with E-state index in [0.29, 0.717) is 0 Å². The first-order chi connectivity index (χ1) is 9.51. The molecule has 0 aliphatic rings. The van der Waals surface area contributed by atoms with Gasteiger partial charge in [-0.05, 0) is 13.0 Å². The maximum atomic E-state index is 11.9. The Morgan fingerprint density at radius 2 is 2.00 bits per heavy atom. The Bertz CT molecular complexity index is 690. The van der Waals surface area contributed by atoms with Crippen LogP contribution in [0.15, 0.2) is 12.1 Å². The van der Waals surface area contributed by atoms with Crippen LogP contribution in [0.2, 0.25) is 10.0 Å². The third-order valence-electron chi connectivity index (χ3n) is 2.40. The van der Waals surface area contributed by atoms with Gasteiger partial charge in [0.25, 0.3) is 11.6 Å². The van der Waals surface area contributed by atoms with Crippen molar-refractivity contribution >= 4 is 44.6 Å². The van der Waals surface area contributed by atoms with Crippen LogP contribution in [0.1, 0.15) is 17.3 Å². The minimum atomic E-state index is -3.26. The van der Waals surface area contributed by atoms with Gasteiger partial charge in [0.05, 0.1) is 15.7 Å². The van der Waals surface area contributed by atoms with E-state index >= 15 is 0 Å². The summed E-state index contributed by atoms with van der Waals surface area (Å²) in [5, 5.41) is 12.8. The van der Waals surface area contributed by atoms with Crippen molar-refractivity contribution in [3.05, 3.63) is 37.9 Å². The van der Waals surface area contributed by atoms with Gasteiger partial charge < -0.3 is 5.32 Å². The first-order valence-electron chi connectivity index (χ1n) is 5.63. The highest BCUT2D eigenvalue weighted by atomic mass is 35.5. The van der Waals surface area contributed by atoms with Crippen LogP contribution >= 0.6 is 23.2 Å². The van der Waals surface area contributed by atoms with E-state index in [1.807, 2.05) is 0 Å². The van der Waals surface area contributed by atoms with Crippen LogP contribution in [0.3, 0.4) is 0 Å². The van der Waals surface area contributed by atoms with Gasteiger partial charge in [-0.1, -0.05) is 23.2 Å². The van der Waals surface area contributed by atoms with Gasteiger partial charge in [-0.2, -0.15) is 0 Å². The van der Waals surface area contributed by atoms with Crippen LogP contribution < -0.4 is 5.32 Å². The van der Waals surface area contributed by atoms with E-state index in [9.17, 15) is 23.3 Å². The summed E-state index contributed by atoms with van der Waals surface area (Å²) in [6.45, 7) is 1.50. The number of nitro benzene ring substituents is 1. The Kier molecular flexibility index (Phi) is 5.54. The number of hydrogen-bond donors (Lipinski definition) is 1. The molecule has 0 spiro atoms. The molecular formula is C11H12Cl2N2O5S. The lowest BCUT2D eigenvalue weighted by atomic mass is 10.2. The van der Waals surface area contributed by atoms with Gasteiger partial charge in [-0.25, -0.2) is 8.42 Å². The molecule has 1 unspecified atom stereocenters. The van der Waals surface area contributed by atoms with Gasteiger partial charge in [-0.3, -0.25) is 14.9 Å². The monoisotopic (exact) mass is 354 g/mol. The average molecular weight is 355 g/mol. The summed E-state index contributed by atoms with van der Waals surface area (Å²) in [4.78, 5) is 22.0. The van der Waals surface area contributed by atoms with Crippen molar-refractivity contribution in [2.75, 3.05) is 12.0 Å². The summed E-state index contributed by atoms with van der Waals surface area (Å²) in [7, 11) is -3.26. The summed E-state index contributed by atoms with van der Waals surface area (Å²) in [6.07, 6.45) is 1.04. The van der Waals surface area contributed by atoms with Gasteiger partial charge in [-0.15, -0.1) is 0 Å². The molecule has 1 amide bonds. The fraction of sp³-hybridized carbons (Fsp3) is 0.364. The Morgan fingerprint density at radius 3 is 2.48 bits per heavy atom. The Morgan fingerprint density at radius 1 is 1.43 bits per heavy atom. The third-order valence-corrected chi connectivity index (χ3v) is 4.30. The van der Waals surface area contributed by atoms with E-state index in [0.717, 1.165) is 12.3 Å². The van der Waals surface area contributed by atoms with Crippen LogP contribution in [-0.2, 0) is 9.84 Å². The number of amides is 1. The number of carbonyl (C=O) groups excluding carboxylic acids is 1. The van der Waals surface area contributed by atoms with Crippen LogP contribution in [-0.4, -0.2) is 37.3 Å². The minimum Gasteiger partial charge on any atom is -0.349 e. The standard InChI is InChI=1S/C11H12Cl2N2O5S/c1-6(5-21(2,19)20)14-11(16)7-3-8(12)10(13)9(4-7)15(17)18/h3-4,6H,5H2,1-2H3,(H,14,16). The van der Waals surface area contributed by atoms with Crippen molar-refractivity contribution < 1.29 is 18.1 Å². The fourth-order valence-corrected chi connectivity index (χ4v) is 3.03. The number of nitrogens with one attached hydrogen (secondary N) is 1. The highest BCUT2D eigenvalue weighted by Crippen LogP contribution is 2.33. The topological polar surface area (TPSA) is 106 Å². The van der Waals surface area contributed by atoms with Crippen LogP contribution in [0.4, 0.5) is 5.69 Å². The smallest absolute Gasteiger partial charge is 0.290 e. The SMILES string of the molecule is CC(CS(C)(=O)=O)NC(=O)c1cc(Cl)c(Cl)c([N+](=O)[O-])c1. The number of carbonyl (C=O) groups is 1. The van der Waals surface area contributed by atoms with Crippen molar-refractivity contribution in [3.63, 3.8) is 0 Å². The molecule has 0 saturated carbocycles. The lowest BCUT2D eigenvalue weighted by Gasteiger charge is -2.13. The van der Waals surface area contributed by atoms with E-state index in [4.69, 9.17) is 23.2 Å². The van der Waals surface area contributed by atoms with Crippen LogP contribution in [0, 0.1) is 10.1 Å². The van der Waals surface area contributed by atoms with Crippen LogP contribution in [0.25, 0.3) is 0 Å². The highest BCUT2D eigenvalue weighted by Gasteiger charge is 2.21. The highest BCUT2D eigenvalue weighted by molar-refractivity contribution is 7.90. The molecule has 0 radical (unpaired) electrons. The molecule has 0 heterocycles. The molecule has 0 aromatic heterocycles. The molecule has 1 rings (SSSR count). The molecule has 1 atom stereocenters. The molecule has 0 aliphatic heterocycles. The van der Waals surface area contributed by atoms with Crippen molar-refractivity contribution in [3.8, 4) is 0 Å². The Balaban J connectivity index is 3.01. The number of hydrogen-bond acceptors (Lipinski definition) is 5. The number of halogens is 2. The predicted octanol–water partition coefficient (Wildman–Crippen LogP) is 2.06. The number of rotatable bonds is 5. The van der Waals surface area contributed by atoms with Crippen molar-refractivity contribution in [2.45, 2.75) is 13.0 Å². The molecule has 1 aromatic carbocycles. The van der Waals surface area contributed by atoms with Gasteiger partial charge in [0, 0.05) is 23.9 Å². The predicted molar refractivity (Wildman–Crippen MR) is 79.8 cm³/mol. The van der Waals surface area contributed by atoms with E-state index in [-0.39, 0.29) is 21.4 Å². The molecule has 0 bridgehead atoms. The summed E-state index contributed by atoms with van der Waals surface area (Å²) < 4.78 is 22.2. The third kappa shape index (κ3) is 5.14. The molecule has 116 valence electrons. The van der Waals surface area contributed by atoms with E-state index < -0.39 is 32.4 Å². The quantitative estimate of drug-likeness (QED) is 0.643. The average Bonchev–Trinajstić information content (AvgIpc) is 2.29. The maximum Gasteiger partial charge on any atom is 0.290 e. The molecule has 10 heteroatoms. The summed E-state index contributed by atoms with van der Waals surface area (Å²) >= 11 is 11.4. The second kappa shape index (κ2) is 6.59. The normalized spacial score (nSPS) is 12.8. The number of nitro groups is 1. The molecule has 1 N–H and O–H groups in total. The van der Waals surface area contributed by atoms with Crippen LogP contribution in [0.5, 0.6) is 0 Å². The molecule has 0 aliphatic carbocycles. The Hall–Kier alpha value is -1.38. The molecule has 21 heavy (non-hydrogen) atoms. The van der Waals surface area contributed by atoms with Gasteiger partial charge in [0.2, 0.25) is 0 Å². The lowest BCUT2D eigenvalue weighted by Crippen LogP contribution is -2.37. The van der Waals surface area contributed by atoms with E-state index in [1.54, 1.807) is 0 Å². The van der Waals surface area contributed by atoms with Gasteiger partial charge in [0.1, 0.15) is 14.9 Å². The first kappa shape index (κ1) is 17.7. The van der Waals surface area contributed by atoms with Crippen molar-refractivity contribution in [1.29, 1.82) is 0 Å². The van der Waals surface area contributed by atoms with Gasteiger partial charge in [0.15, 0.2) is 0 Å². The lowest BCUT2D eigenvalue weighted by molar-refractivity contribution is -0.384. The second-order valence-electron chi connectivity index (χ2n) is 4.52. The first-order valence-corrected chi connectivity index (χ1v) is 8.45. The summed E-state index contributed by atoms with van der Waals surface area (Å²) in [5.74, 6) is -0.921. The molecule has 0 saturated heterocycles. The van der Waals surface area contributed by atoms with Gasteiger partial charge >= 0.3 is 0 Å². The zero-order chi connectivity index (χ0) is 16.4. The van der Waals surface area contributed by atoms with E-state index in [1.165, 1.54) is 13.0 Å². The zero-order valence-electron chi connectivity index (χ0n) is 11.1. The molecule has 1 aromatic rings. The largest absolute Gasteiger partial charge is 0.349 e. The number of sulfone groups is 1. The van der Waals surface area contributed by atoms with E-state index in [2.05, 4.69) is 5.32 Å². The fourth-order valence-electron chi connectivity index (χ4n) is 1.64.